The Morgan fingerprint density at radius 2 is 1.69 bits per heavy atom. The summed E-state index contributed by atoms with van der Waals surface area (Å²) in [4.78, 5) is 25.5. The van der Waals surface area contributed by atoms with Crippen LogP contribution in [0, 0.1) is 20.8 Å². The number of allylic oxidation sites excluding steroid dienone is 1. The van der Waals surface area contributed by atoms with Gasteiger partial charge in [-0.2, -0.15) is 0 Å². The van der Waals surface area contributed by atoms with E-state index in [0.29, 0.717) is 11.3 Å². The average molecular weight is 351 g/mol. The highest BCUT2D eigenvalue weighted by atomic mass is 16.5. The maximum atomic E-state index is 12.5. The second-order valence-corrected chi connectivity index (χ2v) is 6.60. The molecule has 0 heterocycles. The highest BCUT2D eigenvalue weighted by Crippen LogP contribution is 2.18. The molecule has 0 saturated carbocycles. The van der Waals surface area contributed by atoms with Crippen LogP contribution in [0.1, 0.15) is 32.6 Å². The topological polar surface area (TPSA) is 46.6 Å². The molecule has 2 aromatic carbocycles. The Kier molecular flexibility index (Phi) is 6.34. The van der Waals surface area contributed by atoms with Crippen LogP contribution in [0.15, 0.2) is 42.5 Å². The predicted octanol–water partition coefficient (Wildman–Crippen LogP) is 3.97. The van der Waals surface area contributed by atoms with Gasteiger partial charge >= 0.3 is 0 Å². The zero-order valence-electron chi connectivity index (χ0n) is 16.0. The van der Waals surface area contributed by atoms with Crippen molar-refractivity contribution in [3.63, 3.8) is 0 Å². The van der Waals surface area contributed by atoms with E-state index >= 15 is 0 Å². The lowest BCUT2D eigenvalue weighted by molar-refractivity contribution is -0.130. The average Bonchev–Trinajstić information content (AvgIpc) is 2.61. The quantitative estimate of drug-likeness (QED) is 0.584. The molecule has 0 aliphatic carbocycles. The van der Waals surface area contributed by atoms with Crippen molar-refractivity contribution in [2.75, 3.05) is 20.7 Å². The molecular formula is C22H25NO3. The van der Waals surface area contributed by atoms with Crippen LogP contribution >= 0.6 is 0 Å². The molecule has 0 aromatic heterocycles. The monoisotopic (exact) mass is 351 g/mol. The van der Waals surface area contributed by atoms with E-state index in [1.54, 1.807) is 44.4 Å². The van der Waals surface area contributed by atoms with Crippen molar-refractivity contribution in [3.8, 4) is 5.75 Å². The number of ketones is 1. The van der Waals surface area contributed by atoms with Gasteiger partial charge in [0.2, 0.25) is 0 Å². The standard InChI is InChI=1S/C22H25NO3/c1-15-11-17(3)18(12-16(15)2)9-10-21(24)19-7-6-8-20(13-19)26-14-22(25)23(4)5/h6-13H,14H2,1-5H3/b10-9+. The highest BCUT2D eigenvalue weighted by molar-refractivity contribution is 6.07. The smallest absolute Gasteiger partial charge is 0.259 e. The maximum absolute atomic E-state index is 12.5. The summed E-state index contributed by atoms with van der Waals surface area (Å²) in [5, 5.41) is 0. The van der Waals surface area contributed by atoms with Crippen LogP contribution in [0.25, 0.3) is 6.08 Å². The first kappa shape index (κ1) is 19.4. The molecule has 136 valence electrons. The SMILES string of the molecule is Cc1cc(C)c(/C=C/C(=O)c2cccc(OCC(=O)N(C)C)c2)cc1C. The van der Waals surface area contributed by atoms with E-state index in [1.807, 2.05) is 13.0 Å². The number of amides is 1. The lowest BCUT2D eigenvalue weighted by Crippen LogP contribution is -2.27. The molecule has 0 spiro atoms. The molecule has 0 aliphatic rings. The van der Waals surface area contributed by atoms with E-state index in [4.69, 9.17) is 4.74 Å². The van der Waals surface area contributed by atoms with Crippen molar-refractivity contribution in [2.45, 2.75) is 20.8 Å². The number of carbonyl (C=O) groups is 2. The zero-order valence-corrected chi connectivity index (χ0v) is 16.0. The number of likely N-dealkylation sites (N-methyl/N-ethyl adjacent to an activating group) is 1. The summed E-state index contributed by atoms with van der Waals surface area (Å²) in [7, 11) is 3.34. The molecule has 2 rings (SSSR count). The first-order valence-electron chi connectivity index (χ1n) is 8.51. The maximum Gasteiger partial charge on any atom is 0.259 e. The third-order valence-electron chi connectivity index (χ3n) is 4.28. The van der Waals surface area contributed by atoms with E-state index in [-0.39, 0.29) is 18.3 Å². The third-order valence-corrected chi connectivity index (χ3v) is 4.28. The summed E-state index contributed by atoms with van der Waals surface area (Å²) in [6, 6.07) is 11.1. The van der Waals surface area contributed by atoms with Gasteiger partial charge in [-0.3, -0.25) is 9.59 Å². The minimum absolute atomic E-state index is 0.0533. The Morgan fingerprint density at radius 1 is 1.00 bits per heavy atom. The summed E-state index contributed by atoms with van der Waals surface area (Å²) < 4.78 is 5.46. The number of rotatable bonds is 6. The molecule has 2 aromatic rings. The first-order chi connectivity index (χ1) is 12.3. The summed E-state index contributed by atoms with van der Waals surface area (Å²) in [5.41, 5.74) is 5.13. The highest BCUT2D eigenvalue weighted by Gasteiger charge is 2.08. The minimum Gasteiger partial charge on any atom is -0.484 e. The number of ether oxygens (including phenoxy) is 1. The van der Waals surface area contributed by atoms with Gasteiger partial charge in [-0.25, -0.2) is 0 Å². The third kappa shape index (κ3) is 5.06. The van der Waals surface area contributed by atoms with Gasteiger partial charge in [0.05, 0.1) is 0 Å². The number of hydrogen-bond donors (Lipinski definition) is 0. The molecule has 0 aliphatic heterocycles. The summed E-state index contributed by atoms with van der Waals surface area (Å²) in [5.74, 6) is 0.265. The minimum atomic E-state index is -0.133. The fourth-order valence-corrected chi connectivity index (χ4v) is 2.44. The lowest BCUT2D eigenvalue weighted by atomic mass is 10.00. The van der Waals surface area contributed by atoms with E-state index in [2.05, 4.69) is 26.0 Å². The molecule has 0 atom stereocenters. The summed E-state index contributed by atoms with van der Waals surface area (Å²) >= 11 is 0. The largest absolute Gasteiger partial charge is 0.484 e. The van der Waals surface area contributed by atoms with Crippen LogP contribution < -0.4 is 4.74 Å². The van der Waals surface area contributed by atoms with E-state index in [0.717, 1.165) is 11.1 Å². The van der Waals surface area contributed by atoms with Gasteiger partial charge in [0.25, 0.3) is 5.91 Å². The molecule has 1 amide bonds. The Labute approximate surface area is 155 Å². The Morgan fingerprint density at radius 3 is 2.38 bits per heavy atom. The van der Waals surface area contributed by atoms with Gasteiger partial charge in [-0.15, -0.1) is 0 Å². The molecule has 0 bridgehead atoms. The second-order valence-electron chi connectivity index (χ2n) is 6.60. The Bertz CT molecular complexity index is 850. The fourth-order valence-electron chi connectivity index (χ4n) is 2.44. The fraction of sp³-hybridized carbons (Fsp3) is 0.273. The van der Waals surface area contributed by atoms with Crippen molar-refractivity contribution in [3.05, 3.63) is 70.3 Å². The molecule has 0 N–H and O–H groups in total. The van der Waals surface area contributed by atoms with Crippen molar-refractivity contribution in [2.24, 2.45) is 0 Å². The lowest BCUT2D eigenvalue weighted by Gasteiger charge is -2.11. The Balaban J connectivity index is 2.11. The van der Waals surface area contributed by atoms with Crippen LogP contribution in [0.2, 0.25) is 0 Å². The van der Waals surface area contributed by atoms with Crippen molar-refractivity contribution in [1.29, 1.82) is 0 Å². The van der Waals surface area contributed by atoms with E-state index in [1.165, 1.54) is 16.0 Å². The molecule has 26 heavy (non-hydrogen) atoms. The number of nitrogens with zero attached hydrogens (tertiary/aromatic N) is 1. The van der Waals surface area contributed by atoms with E-state index in [9.17, 15) is 9.59 Å². The van der Waals surface area contributed by atoms with Crippen molar-refractivity contribution in [1.82, 2.24) is 4.90 Å². The van der Waals surface area contributed by atoms with Crippen LogP contribution in [0.4, 0.5) is 0 Å². The molecule has 0 unspecified atom stereocenters. The molecule has 0 radical (unpaired) electrons. The molecular weight excluding hydrogens is 326 g/mol. The van der Waals surface area contributed by atoms with Gasteiger partial charge in [0.1, 0.15) is 5.75 Å². The number of carbonyl (C=O) groups excluding carboxylic acids is 2. The molecule has 4 nitrogen and oxygen atoms in total. The second kappa shape index (κ2) is 8.48. The zero-order chi connectivity index (χ0) is 19.3. The van der Waals surface area contributed by atoms with Gasteiger partial charge in [0, 0.05) is 19.7 Å². The molecule has 0 fully saturated rings. The van der Waals surface area contributed by atoms with Gasteiger partial charge in [0.15, 0.2) is 12.4 Å². The van der Waals surface area contributed by atoms with Crippen LogP contribution in [-0.2, 0) is 4.79 Å². The number of benzene rings is 2. The van der Waals surface area contributed by atoms with Gasteiger partial charge in [-0.05, 0) is 61.2 Å². The number of aryl methyl sites for hydroxylation is 3. The van der Waals surface area contributed by atoms with Crippen molar-refractivity contribution >= 4 is 17.8 Å². The van der Waals surface area contributed by atoms with E-state index < -0.39 is 0 Å². The van der Waals surface area contributed by atoms with Gasteiger partial charge < -0.3 is 9.64 Å². The van der Waals surface area contributed by atoms with Gasteiger partial charge in [-0.1, -0.05) is 30.3 Å². The Hall–Kier alpha value is -2.88. The van der Waals surface area contributed by atoms with Crippen LogP contribution in [0.5, 0.6) is 5.75 Å². The molecule has 0 saturated heterocycles. The molecule has 4 heteroatoms. The first-order valence-corrected chi connectivity index (χ1v) is 8.51. The summed E-state index contributed by atoms with van der Waals surface area (Å²) in [6.07, 6.45) is 3.41. The van der Waals surface area contributed by atoms with Crippen molar-refractivity contribution < 1.29 is 14.3 Å². The van der Waals surface area contributed by atoms with Crippen LogP contribution in [0.3, 0.4) is 0 Å². The normalized spacial score (nSPS) is 10.8. The summed E-state index contributed by atoms with van der Waals surface area (Å²) in [6.45, 7) is 6.12. The predicted molar refractivity (Wildman–Crippen MR) is 105 cm³/mol. The number of hydrogen-bond acceptors (Lipinski definition) is 3. The van der Waals surface area contributed by atoms with Crippen LogP contribution in [-0.4, -0.2) is 37.3 Å².